The highest BCUT2D eigenvalue weighted by Crippen LogP contribution is 2.45. The molecule has 0 radical (unpaired) electrons. The number of hydrogen-bond acceptors (Lipinski definition) is 12. The van der Waals surface area contributed by atoms with Crippen LogP contribution in [0, 0.1) is 11.7 Å². The van der Waals surface area contributed by atoms with Crippen molar-refractivity contribution in [1.29, 1.82) is 0 Å². The van der Waals surface area contributed by atoms with Crippen LogP contribution >= 0.6 is 0 Å². The number of rotatable bonds is 11. The van der Waals surface area contributed by atoms with E-state index in [4.69, 9.17) is 14.2 Å². The number of benzene rings is 1. The quantitative estimate of drug-likeness (QED) is 0.160. The molecule has 1 aromatic carbocycles. The molecule has 1 aromatic rings. The molecule has 308 valence electrons. The number of sulfonamides is 1. The fraction of sp³-hybridized carbons (Fsp3) is 0.595. The molecule has 4 heterocycles. The standard InChI is InChI=1S/C37H45FN6O12S/c1-5-20-14-37(20,33(49)41-57(52,53)23-9-10-23)40-30(46)27-11-22(55-35(51)42-15-19-7-6-8-25(38)24(19)18-42)17-44(27)31(47)26(39-34(50)56-36(2,3)4)13-29(45)43-16-21-12-28(43)32(48)54-21/h5-8,20-23,26-28H,1,9-18H2,2-4H3,(H,39,50)(H,40,46)(H,41,49)/t20?,21-,22+,26-,27-,28-,37+/m0/s1. The molecule has 7 rings (SSSR count). The van der Waals surface area contributed by atoms with E-state index in [-0.39, 0.29) is 38.9 Å². The van der Waals surface area contributed by atoms with Crippen LogP contribution in [0.15, 0.2) is 30.9 Å². The van der Waals surface area contributed by atoms with Gasteiger partial charge in [-0.25, -0.2) is 27.2 Å². The number of carbonyl (C=O) groups excluding carboxylic acids is 7. The summed E-state index contributed by atoms with van der Waals surface area (Å²) in [5, 5.41) is 4.33. The van der Waals surface area contributed by atoms with Crippen molar-refractivity contribution >= 4 is 51.8 Å². The first-order valence-corrected chi connectivity index (χ1v) is 20.4. The van der Waals surface area contributed by atoms with Gasteiger partial charge in [0.1, 0.15) is 47.3 Å². The molecule has 18 nitrogen and oxygen atoms in total. The van der Waals surface area contributed by atoms with Gasteiger partial charge in [-0.05, 0) is 51.7 Å². The Morgan fingerprint density at radius 1 is 1.09 bits per heavy atom. The van der Waals surface area contributed by atoms with E-state index >= 15 is 0 Å². The van der Waals surface area contributed by atoms with E-state index in [2.05, 4.69) is 21.9 Å². The molecular weight excluding hydrogens is 772 g/mol. The van der Waals surface area contributed by atoms with Gasteiger partial charge in [0.05, 0.1) is 31.3 Å². The van der Waals surface area contributed by atoms with Crippen molar-refractivity contribution in [2.45, 2.75) is 119 Å². The number of ether oxygens (including phenoxy) is 3. The second-order valence-electron chi connectivity index (χ2n) is 16.4. The van der Waals surface area contributed by atoms with Crippen molar-refractivity contribution in [2.75, 3.05) is 13.1 Å². The first kappa shape index (κ1) is 39.9. The Bertz CT molecular complexity index is 2040. The molecule has 1 unspecified atom stereocenters. The van der Waals surface area contributed by atoms with Gasteiger partial charge in [-0.15, -0.1) is 6.58 Å². The van der Waals surface area contributed by atoms with Crippen LogP contribution in [0.1, 0.15) is 70.4 Å². The number of carbonyl (C=O) groups is 7. The molecule has 2 saturated carbocycles. The molecule has 7 atom stereocenters. The summed E-state index contributed by atoms with van der Waals surface area (Å²) in [6, 6.07) is 0.495. The largest absolute Gasteiger partial charge is 0.459 e. The zero-order valence-electron chi connectivity index (χ0n) is 31.7. The minimum absolute atomic E-state index is 0.0111. The van der Waals surface area contributed by atoms with Gasteiger partial charge < -0.3 is 34.6 Å². The van der Waals surface area contributed by atoms with E-state index in [1.165, 1.54) is 28.0 Å². The highest BCUT2D eigenvalue weighted by atomic mass is 32.2. The third kappa shape index (κ3) is 8.13. The van der Waals surface area contributed by atoms with Gasteiger partial charge in [0.25, 0.3) is 5.91 Å². The van der Waals surface area contributed by atoms with Crippen molar-refractivity contribution < 1.29 is 60.6 Å². The molecule has 4 aliphatic heterocycles. The lowest BCUT2D eigenvalue weighted by atomic mass is 10.1. The number of alkyl carbamates (subject to hydrolysis) is 1. The Kier molecular flexibility index (Phi) is 10.2. The Morgan fingerprint density at radius 3 is 2.44 bits per heavy atom. The molecule has 20 heteroatoms. The summed E-state index contributed by atoms with van der Waals surface area (Å²) in [6.07, 6.45) is -2.05. The minimum Gasteiger partial charge on any atom is -0.459 e. The predicted octanol–water partition coefficient (Wildman–Crippen LogP) is 0.726. The number of fused-ring (bicyclic) bond motifs is 3. The van der Waals surface area contributed by atoms with Crippen LogP contribution in [0.2, 0.25) is 0 Å². The summed E-state index contributed by atoms with van der Waals surface area (Å²) in [5.41, 5.74) is -1.82. The lowest BCUT2D eigenvalue weighted by Crippen LogP contribution is -2.59. The summed E-state index contributed by atoms with van der Waals surface area (Å²) >= 11 is 0. The van der Waals surface area contributed by atoms with Crippen molar-refractivity contribution in [2.24, 2.45) is 5.92 Å². The monoisotopic (exact) mass is 816 g/mol. The summed E-state index contributed by atoms with van der Waals surface area (Å²) in [5.74, 6) is -5.21. The summed E-state index contributed by atoms with van der Waals surface area (Å²) in [6.45, 7) is 8.11. The maximum absolute atomic E-state index is 14.6. The molecule has 0 aromatic heterocycles. The third-order valence-electron chi connectivity index (χ3n) is 11.1. The number of nitrogens with one attached hydrogen (secondary N) is 3. The number of nitrogens with zero attached hydrogens (tertiary/aromatic N) is 3. The predicted molar refractivity (Wildman–Crippen MR) is 193 cm³/mol. The Balaban J connectivity index is 1.14. The average Bonchev–Trinajstić information content (AvgIpc) is 3.88. The molecule has 5 fully saturated rings. The number of esters is 1. The first-order chi connectivity index (χ1) is 26.8. The molecule has 2 bridgehead atoms. The van der Waals surface area contributed by atoms with Gasteiger partial charge in [-0.3, -0.25) is 28.8 Å². The molecule has 6 aliphatic rings. The van der Waals surface area contributed by atoms with Crippen LogP contribution < -0.4 is 15.4 Å². The summed E-state index contributed by atoms with van der Waals surface area (Å²) in [4.78, 5) is 98.3. The number of morpholine rings is 1. The van der Waals surface area contributed by atoms with Gasteiger partial charge in [0, 0.05) is 30.9 Å². The van der Waals surface area contributed by atoms with Crippen molar-refractivity contribution in [3.63, 3.8) is 0 Å². The van der Waals surface area contributed by atoms with Crippen LogP contribution in [0.3, 0.4) is 0 Å². The van der Waals surface area contributed by atoms with E-state index in [1.54, 1.807) is 26.8 Å². The van der Waals surface area contributed by atoms with Crippen LogP contribution in [0.5, 0.6) is 0 Å². The number of hydrogen-bond donors (Lipinski definition) is 3. The van der Waals surface area contributed by atoms with E-state index in [0.717, 1.165) is 4.90 Å². The molecule has 57 heavy (non-hydrogen) atoms. The van der Waals surface area contributed by atoms with Crippen LogP contribution in [-0.2, 0) is 61.3 Å². The Morgan fingerprint density at radius 2 is 1.82 bits per heavy atom. The number of likely N-dealkylation sites (tertiary alicyclic amines) is 2. The number of halogens is 1. The second-order valence-corrected chi connectivity index (χ2v) is 18.4. The fourth-order valence-corrected chi connectivity index (χ4v) is 9.25. The van der Waals surface area contributed by atoms with Gasteiger partial charge >= 0.3 is 18.2 Å². The lowest BCUT2D eigenvalue weighted by molar-refractivity contribution is -0.157. The smallest absolute Gasteiger partial charge is 0.410 e. The van der Waals surface area contributed by atoms with Gasteiger partial charge in [0.15, 0.2) is 0 Å². The van der Waals surface area contributed by atoms with Crippen LogP contribution in [-0.4, -0.2) is 125 Å². The van der Waals surface area contributed by atoms with E-state index in [9.17, 15) is 46.4 Å². The topological polar surface area (TPSA) is 227 Å². The summed E-state index contributed by atoms with van der Waals surface area (Å²) in [7, 11) is -4.01. The SMILES string of the molecule is C=CC1C[C@]1(NC(=O)[C@@H]1C[C@@H](OC(=O)N2Cc3cccc(F)c3C2)CN1C(=O)[C@H](CC(=O)N1C[C@@H]2C[C@H]1C(=O)O2)NC(=O)OC(C)(C)C)C(=O)NS(=O)(=O)C1CC1. The van der Waals surface area contributed by atoms with Gasteiger partial charge in [-0.1, -0.05) is 18.2 Å². The zero-order valence-corrected chi connectivity index (χ0v) is 32.5. The van der Waals surface area contributed by atoms with Crippen LogP contribution in [0.25, 0.3) is 0 Å². The van der Waals surface area contributed by atoms with E-state index in [1.807, 2.05) is 0 Å². The highest BCUT2D eigenvalue weighted by Gasteiger charge is 2.62. The van der Waals surface area contributed by atoms with E-state index in [0.29, 0.717) is 24.0 Å². The van der Waals surface area contributed by atoms with Crippen molar-refractivity contribution in [3.8, 4) is 0 Å². The van der Waals surface area contributed by atoms with Crippen LogP contribution in [0.4, 0.5) is 14.0 Å². The minimum atomic E-state index is -4.01. The van der Waals surface area contributed by atoms with Gasteiger partial charge in [0.2, 0.25) is 27.7 Å². The molecule has 3 N–H and O–H groups in total. The molecule has 2 aliphatic carbocycles. The molecule has 6 amide bonds. The fourth-order valence-electron chi connectivity index (χ4n) is 7.89. The highest BCUT2D eigenvalue weighted by molar-refractivity contribution is 7.91. The van der Waals surface area contributed by atoms with E-state index < -0.39 is 123 Å². The Labute approximate surface area is 327 Å². The lowest BCUT2D eigenvalue weighted by Gasteiger charge is -2.32. The third-order valence-corrected chi connectivity index (χ3v) is 12.9. The maximum Gasteiger partial charge on any atom is 0.410 e. The normalized spacial score (nSPS) is 27.9. The zero-order chi connectivity index (χ0) is 41.2. The molecule has 3 saturated heterocycles. The van der Waals surface area contributed by atoms with Crippen molar-refractivity contribution in [3.05, 3.63) is 47.8 Å². The van der Waals surface area contributed by atoms with Crippen molar-refractivity contribution in [1.82, 2.24) is 30.1 Å². The summed E-state index contributed by atoms with van der Waals surface area (Å²) < 4.78 is 58.3. The first-order valence-electron chi connectivity index (χ1n) is 18.8. The number of amides is 6. The molecular formula is C37H45FN6O12S. The Hall–Kier alpha value is -5.27. The average molecular weight is 817 g/mol. The maximum atomic E-state index is 14.6. The van der Waals surface area contributed by atoms with Gasteiger partial charge in [-0.2, -0.15) is 0 Å². The second kappa shape index (κ2) is 14.6. The molecule has 0 spiro atoms.